The molecule has 0 heterocycles. The second-order valence-electron chi connectivity index (χ2n) is 2.80. The Balaban J connectivity index is 3.05. The van der Waals surface area contributed by atoms with Crippen molar-refractivity contribution in [2.75, 3.05) is 6.16 Å². The van der Waals surface area contributed by atoms with Crippen LogP contribution in [0.4, 0.5) is 0 Å². The van der Waals surface area contributed by atoms with Crippen molar-refractivity contribution in [3.8, 4) is 0 Å². The summed E-state index contributed by atoms with van der Waals surface area (Å²) in [6, 6.07) is 7.54. The quantitative estimate of drug-likeness (QED) is 0.674. The van der Waals surface area contributed by atoms with E-state index in [1.54, 1.807) is 0 Å². The number of hydrogen-bond acceptors (Lipinski definition) is 1. The second kappa shape index (κ2) is 3.64. The van der Waals surface area contributed by atoms with E-state index in [1.807, 2.05) is 38.1 Å². The Bertz CT molecular complexity index is 305. The van der Waals surface area contributed by atoms with E-state index < -0.39 is 6.49 Å². The van der Waals surface area contributed by atoms with Gasteiger partial charge in [0.1, 0.15) is 0 Å². The molecule has 0 spiro atoms. The highest BCUT2D eigenvalue weighted by molar-refractivity contribution is 7.95. The van der Waals surface area contributed by atoms with Gasteiger partial charge >= 0.3 is 0 Å². The van der Waals surface area contributed by atoms with Crippen molar-refractivity contribution in [1.82, 2.24) is 0 Å². The van der Waals surface area contributed by atoms with Crippen molar-refractivity contribution in [2.24, 2.45) is 0 Å². The Morgan fingerprint density at radius 2 is 1.83 bits per heavy atom. The molecule has 12 heavy (non-hydrogen) atoms. The Hall–Kier alpha value is -0.260. The molecule has 1 unspecified atom stereocenters. The molecule has 0 aliphatic carbocycles. The number of halogens is 1. The van der Waals surface area contributed by atoms with Gasteiger partial charge in [0.15, 0.2) is 6.49 Å². The largest absolute Gasteiger partial charge is 0.302 e. The standard InChI is InChI=1S/C9H12ClOP/c1-3-12(10,11)9-6-4-8(2)5-7-9/h4-7H,3H2,1-2H3. The van der Waals surface area contributed by atoms with Crippen LogP contribution in [-0.2, 0) is 4.57 Å². The van der Waals surface area contributed by atoms with E-state index >= 15 is 0 Å². The van der Waals surface area contributed by atoms with Gasteiger partial charge in [0.05, 0.1) is 0 Å². The summed E-state index contributed by atoms with van der Waals surface area (Å²) in [5, 5.41) is 0.761. The summed E-state index contributed by atoms with van der Waals surface area (Å²) in [6.45, 7) is 1.26. The van der Waals surface area contributed by atoms with Crippen molar-refractivity contribution in [3.05, 3.63) is 29.8 Å². The first-order chi connectivity index (χ1) is 5.56. The van der Waals surface area contributed by atoms with Gasteiger partial charge in [-0.15, -0.1) is 0 Å². The molecule has 0 fully saturated rings. The zero-order chi connectivity index (χ0) is 9.19. The van der Waals surface area contributed by atoms with Gasteiger partial charge in [0.25, 0.3) is 0 Å². The number of benzene rings is 1. The number of hydrogen-bond donors (Lipinski definition) is 0. The van der Waals surface area contributed by atoms with Crippen molar-refractivity contribution >= 4 is 23.0 Å². The van der Waals surface area contributed by atoms with E-state index in [1.165, 1.54) is 0 Å². The minimum Gasteiger partial charge on any atom is -0.302 e. The maximum atomic E-state index is 11.7. The maximum absolute atomic E-state index is 11.7. The summed E-state index contributed by atoms with van der Waals surface area (Å²) in [7, 11) is 0. The molecular weight excluding hydrogens is 191 g/mol. The fraction of sp³-hybridized carbons (Fsp3) is 0.333. The van der Waals surface area contributed by atoms with Crippen LogP contribution in [0.25, 0.3) is 0 Å². The van der Waals surface area contributed by atoms with Crippen LogP contribution in [0.15, 0.2) is 24.3 Å². The molecule has 1 rings (SSSR count). The van der Waals surface area contributed by atoms with Crippen molar-refractivity contribution in [2.45, 2.75) is 13.8 Å². The van der Waals surface area contributed by atoms with Gasteiger partial charge in [-0.05, 0) is 18.2 Å². The predicted octanol–water partition coefficient (Wildman–Crippen LogP) is 3.16. The van der Waals surface area contributed by atoms with Gasteiger partial charge in [-0.25, -0.2) is 0 Å². The first-order valence-corrected chi connectivity index (χ1v) is 6.72. The van der Waals surface area contributed by atoms with Gasteiger partial charge in [-0.2, -0.15) is 0 Å². The molecule has 1 atom stereocenters. The summed E-state index contributed by atoms with van der Waals surface area (Å²) in [5.41, 5.74) is 1.16. The fourth-order valence-corrected chi connectivity index (χ4v) is 2.25. The molecule has 3 heteroatoms. The minimum absolute atomic E-state index is 0.512. The highest BCUT2D eigenvalue weighted by Gasteiger charge is 2.17. The predicted molar refractivity (Wildman–Crippen MR) is 54.8 cm³/mol. The smallest absolute Gasteiger partial charge is 0.197 e. The molecule has 0 saturated heterocycles. The van der Waals surface area contributed by atoms with E-state index in [-0.39, 0.29) is 0 Å². The van der Waals surface area contributed by atoms with Crippen LogP contribution in [-0.4, -0.2) is 6.16 Å². The Morgan fingerprint density at radius 3 is 2.25 bits per heavy atom. The van der Waals surface area contributed by atoms with Crippen LogP contribution in [0.5, 0.6) is 0 Å². The lowest BCUT2D eigenvalue weighted by atomic mass is 10.2. The lowest BCUT2D eigenvalue weighted by molar-refractivity contribution is 0.590. The molecule has 0 aliphatic heterocycles. The normalized spacial score (nSPS) is 15.6. The van der Waals surface area contributed by atoms with Crippen LogP contribution >= 0.6 is 17.7 Å². The molecule has 0 radical (unpaired) electrons. The Morgan fingerprint density at radius 1 is 1.33 bits per heavy atom. The Kier molecular flexibility index (Phi) is 2.98. The molecule has 0 saturated carbocycles. The number of rotatable bonds is 2. The molecule has 0 amide bonds. The van der Waals surface area contributed by atoms with Crippen LogP contribution < -0.4 is 5.30 Å². The van der Waals surface area contributed by atoms with E-state index in [0.29, 0.717) is 6.16 Å². The van der Waals surface area contributed by atoms with Gasteiger partial charge in [0, 0.05) is 11.5 Å². The van der Waals surface area contributed by atoms with E-state index in [9.17, 15) is 4.57 Å². The summed E-state index contributed by atoms with van der Waals surface area (Å²) in [6.07, 6.45) is 0.512. The zero-order valence-electron chi connectivity index (χ0n) is 7.25. The third-order valence-electron chi connectivity index (χ3n) is 1.83. The SMILES string of the molecule is CCP(=O)(Cl)c1ccc(C)cc1. The summed E-state index contributed by atoms with van der Waals surface area (Å²) in [4.78, 5) is 0. The van der Waals surface area contributed by atoms with E-state index in [2.05, 4.69) is 0 Å². The summed E-state index contributed by atoms with van der Waals surface area (Å²) in [5.74, 6) is 0. The summed E-state index contributed by atoms with van der Waals surface area (Å²) < 4.78 is 11.7. The first-order valence-electron chi connectivity index (χ1n) is 3.92. The first kappa shape index (κ1) is 9.83. The molecule has 1 aromatic rings. The lowest BCUT2D eigenvalue weighted by Crippen LogP contribution is -2.01. The third kappa shape index (κ3) is 2.12. The number of aryl methyl sites for hydroxylation is 1. The fourth-order valence-electron chi connectivity index (χ4n) is 0.950. The minimum atomic E-state index is -2.57. The van der Waals surface area contributed by atoms with Gasteiger partial charge in [-0.3, -0.25) is 0 Å². The summed E-state index contributed by atoms with van der Waals surface area (Å²) >= 11 is 5.85. The molecule has 0 aromatic heterocycles. The van der Waals surface area contributed by atoms with Crippen LogP contribution in [0.2, 0.25) is 0 Å². The van der Waals surface area contributed by atoms with Crippen LogP contribution in [0.1, 0.15) is 12.5 Å². The third-order valence-corrected chi connectivity index (χ3v) is 5.01. The average Bonchev–Trinajstić information content (AvgIpc) is 2.05. The zero-order valence-corrected chi connectivity index (χ0v) is 8.90. The van der Waals surface area contributed by atoms with Gasteiger partial charge in [0.2, 0.25) is 0 Å². The van der Waals surface area contributed by atoms with Crippen molar-refractivity contribution < 1.29 is 4.57 Å². The maximum Gasteiger partial charge on any atom is 0.197 e. The van der Waals surface area contributed by atoms with Gasteiger partial charge < -0.3 is 4.57 Å². The van der Waals surface area contributed by atoms with Crippen LogP contribution in [0.3, 0.4) is 0 Å². The van der Waals surface area contributed by atoms with E-state index in [4.69, 9.17) is 11.2 Å². The van der Waals surface area contributed by atoms with Gasteiger partial charge in [-0.1, -0.05) is 36.8 Å². The monoisotopic (exact) mass is 202 g/mol. The Labute approximate surface area is 77.9 Å². The molecule has 0 aliphatic rings. The molecule has 1 nitrogen and oxygen atoms in total. The topological polar surface area (TPSA) is 17.1 Å². The highest BCUT2D eigenvalue weighted by atomic mass is 35.7. The highest BCUT2D eigenvalue weighted by Crippen LogP contribution is 2.49. The molecule has 0 bridgehead atoms. The molecular formula is C9H12ClOP. The van der Waals surface area contributed by atoms with Crippen LogP contribution in [0, 0.1) is 6.92 Å². The van der Waals surface area contributed by atoms with Crippen molar-refractivity contribution in [3.63, 3.8) is 0 Å². The van der Waals surface area contributed by atoms with Crippen molar-refractivity contribution in [1.29, 1.82) is 0 Å². The lowest BCUT2D eigenvalue weighted by Gasteiger charge is -2.07. The molecule has 66 valence electrons. The average molecular weight is 203 g/mol. The second-order valence-corrected chi connectivity index (χ2v) is 6.89. The molecule has 1 aromatic carbocycles. The molecule has 0 N–H and O–H groups in total. The van der Waals surface area contributed by atoms with E-state index in [0.717, 1.165) is 10.9 Å².